The van der Waals surface area contributed by atoms with E-state index in [9.17, 15) is 18.4 Å². The van der Waals surface area contributed by atoms with Crippen molar-refractivity contribution in [2.24, 2.45) is 5.41 Å². The second-order valence-electron chi connectivity index (χ2n) is 11.8. The lowest BCUT2D eigenvalue weighted by Gasteiger charge is -2.39. The van der Waals surface area contributed by atoms with Crippen LogP contribution in [0.1, 0.15) is 50.7 Å². The van der Waals surface area contributed by atoms with E-state index >= 15 is 0 Å². The van der Waals surface area contributed by atoms with Gasteiger partial charge in [-0.3, -0.25) is 14.9 Å². The Kier molecular flexibility index (Phi) is 7.71. The van der Waals surface area contributed by atoms with E-state index in [0.29, 0.717) is 51.7 Å². The van der Waals surface area contributed by atoms with Gasteiger partial charge in [-0.15, -0.1) is 0 Å². The molecule has 44 heavy (non-hydrogen) atoms. The number of nitrogens with one attached hydrogen (secondary N) is 2. The van der Waals surface area contributed by atoms with Gasteiger partial charge in [-0.25, -0.2) is 13.8 Å². The lowest BCUT2D eigenvalue weighted by atomic mass is 9.68. The molecule has 1 amide bonds. The zero-order chi connectivity index (χ0) is 31.2. The van der Waals surface area contributed by atoms with Gasteiger partial charge in [0.05, 0.1) is 17.3 Å². The molecule has 1 aliphatic carbocycles. The summed E-state index contributed by atoms with van der Waals surface area (Å²) in [5, 5.41) is 6.80. The predicted molar refractivity (Wildman–Crippen MR) is 166 cm³/mol. The number of dihydropyridines is 1. The topological polar surface area (TPSA) is 89.5 Å². The van der Waals surface area contributed by atoms with Crippen molar-refractivity contribution >= 4 is 38.4 Å². The number of aromatic nitrogens is 1. The number of anilines is 1. The third kappa shape index (κ3) is 5.69. The maximum Gasteiger partial charge on any atom is 0.256 e. The first-order valence-electron chi connectivity index (χ1n) is 14.2. The number of methoxy groups -OCH3 is 1. The summed E-state index contributed by atoms with van der Waals surface area (Å²) >= 11 is 1.37. The van der Waals surface area contributed by atoms with Crippen LogP contribution in [-0.2, 0) is 16.2 Å². The molecule has 2 N–H and O–H groups in total. The summed E-state index contributed by atoms with van der Waals surface area (Å²) in [5.41, 5.74) is 4.17. The standard InChI is InChI=1S/C34H31F2N3O4S/c1-18-29(32(41)39-33-38-23-7-5-6-8-28(23)44-33)30(31-24(37-18)15-34(2,3)16-25(31)40)19-9-11-26(42-4)20(13-19)17-43-27-12-10-21(35)14-22(27)36/h5-14,30,37H,15-17H2,1-4H3,(H,38,39,41)/t30-/m1/s1. The second kappa shape index (κ2) is 11.5. The Labute approximate surface area is 257 Å². The number of fused-ring (bicyclic) bond motifs is 1. The van der Waals surface area contributed by atoms with Gasteiger partial charge in [0, 0.05) is 46.5 Å². The minimum absolute atomic E-state index is 0.0338. The third-order valence-corrected chi connectivity index (χ3v) is 8.87. The minimum atomic E-state index is -0.823. The fourth-order valence-electron chi connectivity index (χ4n) is 6.00. The van der Waals surface area contributed by atoms with E-state index < -0.39 is 17.6 Å². The second-order valence-corrected chi connectivity index (χ2v) is 12.8. The van der Waals surface area contributed by atoms with Crippen LogP contribution in [0.15, 0.2) is 83.2 Å². The van der Waals surface area contributed by atoms with E-state index in [1.807, 2.05) is 43.3 Å². The maximum atomic E-state index is 14.3. The highest BCUT2D eigenvalue weighted by Crippen LogP contribution is 2.47. The number of ketones is 1. The van der Waals surface area contributed by atoms with Crippen LogP contribution >= 0.6 is 11.3 Å². The van der Waals surface area contributed by atoms with Gasteiger partial charge >= 0.3 is 0 Å². The summed E-state index contributed by atoms with van der Waals surface area (Å²) in [5.74, 6) is -2.24. The minimum Gasteiger partial charge on any atom is -0.496 e. The van der Waals surface area contributed by atoms with E-state index in [1.54, 1.807) is 6.07 Å². The number of carbonyl (C=O) groups is 2. The number of hydrogen-bond donors (Lipinski definition) is 2. The van der Waals surface area contributed by atoms with Crippen molar-refractivity contribution in [3.05, 3.63) is 106 Å². The van der Waals surface area contributed by atoms with Gasteiger partial charge in [0.2, 0.25) is 0 Å². The average molecular weight is 616 g/mol. The molecule has 1 atom stereocenters. The highest BCUT2D eigenvalue weighted by molar-refractivity contribution is 7.22. The number of para-hydroxylation sites is 1. The number of rotatable bonds is 7. The molecule has 1 aliphatic heterocycles. The van der Waals surface area contributed by atoms with Gasteiger partial charge < -0.3 is 14.8 Å². The maximum absolute atomic E-state index is 14.3. The fourth-order valence-corrected chi connectivity index (χ4v) is 6.86. The van der Waals surface area contributed by atoms with Crippen molar-refractivity contribution in [1.29, 1.82) is 0 Å². The van der Waals surface area contributed by atoms with Crippen LogP contribution in [0.4, 0.5) is 13.9 Å². The molecule has 2 aliphatic rings. The van der Waals surface area contributed by atoms with Gasteiger partial charge in [-0.05, 0) is 60.7 Å². The first-order chi connectivity index (χ1) is 21.0. The predicted octanol–water partition coefficient (Wildman–Crippen LogP) is 7.40. The first kappa shape index (κ1) is 29.5. The number of benzene rings is 3. The Morgan fingerprint density at radius 2 is 1.86 bits per heavy atom. The highest BCUT2D eigenvalue weighted by Gasteiger charge is 2.43. The molecule has 0 bridgehead atoms. The molecular formula is C34H31F2N3O4S. The Bertz CT molecular complexity index is 1840. The van der Waals surface area contributed by atoms with Gasteiger partial charge in [-0.2, -0.15) is 0 Å². The van der Waals surface area contributed by atoms with Crippen molar-refractivity contribution in [3.63, 3.8) is 0 Å². The molecule has 3 aromatic carbocycles. The quantitative estimate of drug-likeness (QED) is 0.225. The Morgan fingerprint density at radius 1 is 1.09 bits per heavy atom. The summed E-state index contributed by atoms with van der Waals surface area (Å²) < 4.78 is 40.0. The van der Waals surface area contributed by atoms with Crippen LogP contribution in [0.2, 0.25) is 0 Å². The number of hydrogen-bond acceptors (Lipinski definition) is 7. The lowest BCUT2D eigenvalue weighted by Crippen LogP contribution is -2.39. The summed E-state index contributed by atoms with van der Waals surface area (Å²) in [6.07, 6.45) is 0.983. The molecule has 0 saturated heterocycles. The Morgan fingerprint density at radius 3 is 2.61 bits per heavy atom. The van der Waals surface area contributed by atoms with Crippen molar-refractivity contribution in [2.75, 3.05) is 12.4 Å². The van der Waals surface area contributed by atoms with Gasteiger partial charge in [-0.1, -0.05) is 43.4 Å². The van der Waals surface area contributed by atoms with Crippen LogP contribution in [0.5, 0.6) is 11.5 Å². The Balaban J connectivity index is 1.40. The number of ether oxygens (including phenoxy) is 2. The number of amides is 1. The van der Waals surface area contributed by atoms with Gasteiger partial charge in [0.25, 0.3) is 5.91 Å². The summed E-state index contributed by atoms with van der Waals surface area (Å²) in [7, 11) is 1.51. The van der Waals surface area contributed by atoms with E-state index in [1.165, 1.54) is 24.5 Å². The van der Waals surface area contributed by atoms with Crippen molar-refractivity contribution in [2.45, 2.75) is 46.1 Å². The molecule has 6 rings (SSSR count). The summed E-state index contributed by atoms with van der Waals surface area (Å²) in [4.78, 5) is 32.4. The van der Waals surface area contributed by atoms with Gasteiger partial charge in [0.1, 0.15) is 18.2 Å². The van der Waals surface area contributed by atoms with Crippen LogP contribution in [0.25, 0.3) is 10.2 Å². The Hall–Kier alpha value is -4.57. The van der Waals surface area contributed by atoms with Crippen LogP contribution in [-0.4, -0.2) is 23.8 Å². The van der Waals surface area contributed by atoms with Crippen LogP contribution in [0.3, 0.4) is 0 Å². The van der Waals surface area contributed by atoms with Crippen molar-refractivity contribution < 1.29 is 27.8 Å². The monoisotopic (exact) mass is 615 g/mol. The smallest absolute Gasteiger partial charge is 0.256 e. The van der Waals surface area contributed by atoms with Crippen molar-refractivity contribution in [3.8, 4) is 11.5 Å². The average Bonchev–Trinajstić information content (AvgIpc) is 3.37. The largest absolute Gasteiger partial charge is 0.496 e. The van der Waals surface area contributed by atoms with Crippen molar-refractivity contribution in [1.82, 2.24) is 10.3 Å². The number of Topliss-reactive ketones (excluding diaryl/α,β-unsaturated/α-hetero) is 1. The SMILES string of the molecule is COc1ccc([C@@H]2C(C(=O)Nc3nc4ccccc4s3)=C(C)NC3=C2C(=O)CC(C)(C)C3)cc1COc1ccc(F)cc1F. The molecule has 10 heteroatoms. The molecule has 0 unspecified atom stereocenters. The van der Waals surface area contributed by atoms with Crippen LogP contribution in [0, 0.1) is 17.0 Å². The molecule has 1 aromatic heterocycles. The van der Waals surface area contributed by atoms with Crippen LogP contribution < -0.4 is 20.1 Å². The van der Waals surface area contributed by atoms with E-state index in [2.05, 4.69) is 29.5 Å². The normalized spacial score (nSPS) is 17.8. The number of nitrogens with zero attached hydrogens (tertiary/aromatic N) is 1. The molecule has 226 valence electrons. The zero-order valence-corrected chi connectivity index (χ0v) is 25.5. The molecule has 0 fully saturated rings. The third-order valence-electron chi connectivity index (χ3n) is 7.91. The summed E-state index contributed by atoms with van der Waals surface area (Å²) in [6.45, 7) is 5.85. The molecule has 4 aromatic rings. The number of carbonyl (C=O) groups excluding carboxylic acids is 2. The molecule has 0 spiro atoms. The number of thiazole rings is 1. The number of allylic oxidation sites excluding steroid dienone is 3. The fraction of sp³-hybridized carbons (Fsp3) is 0.265. The van der Waals surface area contributed by atoms with E-state index in [-0.39, 0.29) is 29.5 Å². The molecular weight excluding hydrogens is 584 g/mol. The number of halogens is 2. The first-order valence-corrected chi connectivity index (χ1v) is 15.0. The summed E-state index contributed by atoms with van der Waals surface area (Å²) in [6, 6.07) is 16.1. The highest BCUT2D eigenvalue weighted by atomic mass is 32.1. The van der Waals surface area contributed by atoms with E-state index in [4.69, 9.17) is 9.47 Å². The molecule has 0 saturated carbocycles. The molecule has 2 heterocycles. The zero-order valence-electron chi connectivity index (χ0n) is 24.7. The lowest BCUT2D eigenvalue weighted by molar-refractivity contribution is -0.118. The molecule has 7 nitrogen and oxygen atoms in total. The molecule has 0 radical (unpaired) electrons. The van der Waals surface area contributed by atoms with Gasteiger partial charge in [0.15, 0.2) is 22.5 Å². The van der Waals surface area contributed by atoms with E-state index in [0.717, 1.165) is 28.0 Å².